The molecule has 0 atom stereocenters. The molecule has 17 heavy (non-hydrogen) atoms. The van der Waals surface area contributed by atoms with Crippen LogP contribution in [0, 0.1) is 5.92 Å². The molecule has 0 radical (unpaired) electrons. The average molecular weight is 239 g/mol. The van der Waals surface area contributed by atoms with Crippen molar-refractivity contribution in [2.45, 2.75) is 65.3 Å². The molecule has 0 aliphatic heterocycles. The zero-order valence-corrected chi connectivity index (χ0v) is 11.8. The summed E-state index contributed by atoms with van der Waals surface area (Å²) in [7, 11) is 0. The molecule has 1 aliphatic rings. The summed E-state index contributed by atoms with van der Waals surface area (Å²) in [5.74, 6) is 1.75. The second-order valence-electron chi connectivity index (χ2n) is 5.42. The van der Waals surface area contributed by atoms with Crippen LogP contribution in [0.3, 0.4) is 0 Å². The highest BCUT2D eigenvalue weighted by Crippen LogP contribution is 2.17. The van der Waals surface area contributed by atoms with E-state index in [0.29, 0.717) is 6.04 Å². The first-order chi connectivity index (χ1) is 8.22. The van der Waals surface area contributed by atoms with Gasteiger partial charge in [0.1, 0.15) is 0 Å². The second-order valence-corrected chi connectivity index (χ2v) is 5.42. The lowest BCUT2D eigenvalue weighted by atomic mass is 9.96. The van der Waals surface area contributed by atoms with Gasteiger partial charge in [0.15, 0.2) is 5.96 Å². The molecule has 0 aromatic rings. The van der Waals surface area contributed by atoms with Crippen LogP contribution in [0.1, 0.15) is 59.3 Å². The smallest absolute Gasteiger partial charge is 0.191 e. The van der Waals surface area contributed by atoms with Gasteiger partial charge in [-0.3, -0.25) is 4.99 Å². The molecule has 1 fully saturated rings. The average Bonchev–Trinajstić information content (AvgIpc) is 2.30. The van der Waals surface area contributed by atoms with E-state index in [-0.39, 0.29) is 0 Å². The normalized spacial score (nSPS) is 18.5. The molecular weight excluding hydrogens is 210 g/mol. The maximum atomic E-state index is 4.64. The molecule has 2 N–H and O–H groups in total. The van der Waals surface area contributed by atoms with Gasteiger partial charge in [-0.15, -0.1) is 0 Å². The van der Waals surface area contributed by atoms with Crippen LogP contribution in [0.2, 0.25) is 0 Å². The van der Waals surface area contributed by atoms with Crippen molar-refractivity contribution in [2.24, 2.45) is 10.9 Å². The van der Waals surface area contributed by atoms with Crippen LogP contribution in [0.25, 0.3) is 0 Å². The van der Waals surface area contributed by atoms with Gasteiger partial charge in [-0.1, -0.05) is 33.1 Å². The lowest BCUT2D eigenvalue weighted by molar-refractivity contribution is 0.410. The highest BCUT2D eigenvalue weighted by molar-refractivity contribution is 5.80. The Balaban J connectivity index is 2.35. The van der Waals surface area contributed by atoms with Gasteiger partial charge in [0.25, 0.3) is 0 Å². The Kier molecular flexibility index (Phi) is 7.06. The summed E-state index contributed by atoms with van der Waals surface area (Å²) in [5.41, 5.74) is 0. The second kappa shape index (κ2) is 8.37. The van der Waals surface area contributed by atoms with Gasteiger partial charge in [-0.05, 0) is 32.1 Å². The fraction of sp³-hybridized carbons (Fsp3) is 0.929. The van der Waals surface area contributed by atoms with Gasteiger partial charge in [0, 0.05) is 19.1 Å². The van der Waals surface area contributed by atoms with Crippen molar-refractivity contribution in [3.8, 4) is 0 Å². The van der Waals surface area contributed by atoms with Crippen LogP contribution < -0.4 is 10.6 Å². The molecule has 1 saturated carbocycles. The summed E-state index contributed by atoms with van der Waals surface area (Å²) in [6.07, 6.45) is 7.90. The molecular formula is C14H29N3. The quantitative estimate of drug-likeness (QED) is 0.572. The van der Waals surface area contributed by atoms with Crippen LogP contribution in [-0.2, 0) is 0 Å². The van der Waals surface area contributed by atoms with Gasteiger partial charge in [-0.25, -0.2) is 0 Å². The van der Waals surface area contributed by atoms with Crippen LogP contribution >= 0.6 is 0 Å². The van der Waals surface area contributed by atoms with E-state index in [1.807, 2.05) is 0 Å². The van der Waals surface area contributed by atoms with Crippen LogP contribution in [0.4, 0.5) is 0 Å². The molecule has 0 unspecified atom stereocenters. The van der Waals surface area contributed by atoms with Crippen molar-refractivity contribution < 1.29 is 0 Å². The maximum Gasteiger partial charge on any atom is 0.191 e. The van der Waals surface area contributed by atoms with Crippen LogP contribution in [0.15, 0.2) is 4.99 Å². The molecule has 1 aliphatic carbocycles. The minimum absolute atomic E-state index is 0.639. The summed E-state index contributed by atoms with van der Waals surface area (Å²) in [5, 5.41) is 6.91. The van der Waals surface area contributed by atoms with E-state index in [2.05, 4.69) is 36.4 Å². The minimum atomic E-state index is 0.639. The molecule has 3 heteroatoms. The van der Waals surface area contributed by atoms with Crippen LogP contribution in [0.5, 0.6) is 0 Å². The van der Waals surface area contributed by atoms with Crippen molar-refractivity contribution in [1.82, 2.24) is 10.6 Å². The minimum Gasteiger partial charge on any atom is -0.357 e. The number of hydrogen-bond donors (Lipinski definition) is 2. The third-order valence-electron chi connectivity index (χ3n) is 3.27. The number of nitrogens with zero attached hydrogens (tertiary/aromatic N) is 1. The SMILES string of the molecule is CCNC(=NCCC(C)C)NC1CCCCC1. The Hall–Kier alpha value is -0.730. The molecule has 0 aromatic carbocycles. The molecule has 0 heterocycles. The first-order valence-electron chi connectivity index (χ1n) is 7.27. The first kappa shape index (κ1) is 14.3. The molecule has 0 spiro atoms. The van der Waals surface area contributed by atoms with E-state index < -0.39 is 0 Å². The Morgan fingerprint density at radius 2 is 1.94 bits per heavy atom. The Morgan fingerprint density at radius 3 is 2.53 bits per heavy atom. The lowest BCUT2D eigenvalue weighted by Crippen LogP contribution is -2.44. The Bertz CT molecular complexity index is 218. The third kappa shape index (κ3) is 6.54. The van der Waals surface area contributed by atoms with Gasteiger partial charge in [0.2, 0.25) is 0 Å². The van der Waals surface area contributed by atoms with E-state index >= 15 is 0 Å². The van der Waals surface area contributed by atoms with Gasteiger partial charge in [0.05, 0.1) is 0 Å². The molecule has 0 aromatic heterocycles. The Morgan fingerprint density at radius 1 is 1.24 bits per heavy atom. The number of hydrogen-bond acceptors (Lipinski definition) is 1. The largest absolute Gasteiger partial charge is 0.357 e. The topological polar surface area (TPSA) is 36.4 Å². The third-order valence-corrected chi connectivity index (χ3v) is 3.27. The zero-order valence-electron chi connectivity index (χ0n) is 11.8. The number of aliphatic imine (C=N–C) groups is 1. The number of guanidine groups is 1. The molecule has 0 bridgehead atoms. The first-order valence-corrected chi connectivity index (χ1v) is 7.27. The fourth-order valence-corrected chi connectivity index (χ4v) is 2.19. The van der Waals surface area contributed by atoms with E-state index in [1.165, 1.54) is 38.5 Å². The molecule has 0 amide bonds. The number of nitrogens with one attached hydrogen (secondary N) is 2. The van der Waals surface area contributed by atoms with Crippen molar-refractivity contribution in [2.75, 3.05) is 13.1 Å². The van der Waals surface area contributed by atoms with E-state index in [1.54, 1.807) is 0 Å². The molecule has 3 nitrogen and oxygen atoms in total. The van der Waals surface area contributed by atoms with Crippen molar-refractivity contribution in [1.29, 1.82) is 0 Å². The Labute approximate surface area is 106 Å². The summed E-state index contributed by atoms with van der Waals surface area (Å²) >= 11 is 0. The molecule has 0 saturated heterocycles. The van der Waals surface area contributed by atoms with E-state index in [4.69, 9.17) is 0 Å². The molecule has 100 valence electrons. The monoisotopic (exact) mass is 239 g/mol. The van der Waals surface area contributed by atoms with Gasteiger partial charge < -0.3 is 10.6 Å². The maximum absolute atomic E-state index is 4.64. The summed E-state index contributed by atoms with van der Waals surface area (Å²) in [4.78, 5) is 4.64. The highest BCUT2D eigenvalue weighted by atomic mass is 15.2. The predicted molar refractivity (Wildman–Crippen MR) is 75.4 cm³/mol. The predicted octanol–water partition coefficient (Wildman–Crippen LogP) is 2.92. The standard InChI is InChI=1S/C14H29N3/c1-4-15-14(16-11-10-12(2)3)17-13-8-6-5-7-9-13/h12-13H,4-11H2,1-3H3,(H2,15,16,17). The van der Waals surface area contributed by atoms with Crippen molar-refractivity contribution >= 4 is 5.96 Å². The van der Waals surface area contributed by atoms with Gasteiger partial charge >= 0.3 is 0 Å². The number of rotatable bonds is 5. The van der Waals surface area contributed by atoms with Crippen molar-refractivity contribution in [3.63, 3.8) is 0 Å². The highest BCUT2D eigenvalue weighted by Gasteiger charge is 2.14. The summed E-state index contributed by atoms with van der Waals surface area (Å²) in [6, 6.07) is 0.639. The van der Waals surface area contributed by atoms with Gasteiger partial charge in [-0.2, -0.15) is 0 Å². The van der Waals surface area contributed by atoms with E-state index in [0.717, 1.165) is 25.0 Å². The van der Waals surface area contributed by atoms with E-state index in [9.17, 15) is 0 Å². The van der Waals surface area contributed by atoms with Crippen molar-refractivity contribution in [3.05, 3.63) is 0 Å². The van der Waals surface area contributed by atoms with Crippen LogP contribution in [-0.4, -0.2) is 25.1 Å². The zero-order chi connectivity index (χ0) is 12.5. The fourth-order valence-electron chi connectivity index (χ4n) is 2.19. The molecule has 1 rings (SSSR count). The lowest BCUT2D eigenvalue weighted by Gasteiger charge is -2.24. The summed E-state index contributed by atoms with van der Waals surface area (Å²) in [6.45, 7) is 8.49. The summed E-state index contributed by atoms with van der Waals surface area (Å²) < 4.78 is 0.